The molecule has 0 amide bonds. The largest absolute Gasteiger partial charge is 0.390 e. The number of aromatic nitrogens is 1. The highest BCUT2D eigenvalue weighted by molar-refractivity contribution is 7.89. The molecule has 1 atom stereocenters. The summed E-state index contributed by atoms with van der Waals surface area (Å²) in [6.07, 6.45) is 4.49. The minimum absolute atomic E-state index is 0.120. The Kier molecular flexibility index (Phi) is 6.13. The molecule has 2 heterocycles. The molecular weight excluding hydrogens is 304 g/mol. The Hall–Kier alpha value is -1.22. The quantitative estimate of drug-likeness (QED) is 0.664. The third-order valence-corrected chi connectivity index (χ3v) is 5.15. The van der Waals surface area contributed by atoms with Crippen LogP contribution in [0.1, 0.15) is 19.3 Å². The van der Waals surface area contributed by atoms with Gasteiger partial charge in [-0.15, -0.1) is 0 Å². The third-order valence-electron chi connectivity index (χ3n) is 3.75. The van der Waals surface area contributed by atoms with E-state index in [2.05, 4.69) is 19.9 Å². The molecule has 0 spiro atoms. The van der Waals surface area contributed by atoms with Crippen molar-refractivity contribution in [3.8, 4) is 0 Å². The number of pyridine rings is 1. The zero-order valence-electron chi connectivity index (χ0n) is 12.8. The molecule has 7 nitrogen and oxygen atoms in total. The van der Waals surface area contributed by atoms with Gasteiger partial charge in [-0.25, -0.2) is 18.1 Å². The van der Waals surface area contributed by atoms with Crippen molar-refractivity contribution in [3.63, 3.8) is 0 Å². The van der Waals surface area contributed by atoms with E-state index in [4.69, 9.17) is 0 Å². The van der Waals surface area contributed by atoms with E-state index in [9.17, 15) is 13.5 Å². The highest BCUT2D eigenvalue weighted by Crippen LogP contribution is 2.11. The lowest BCUT2D eigenvalue weighted by atomic mass is 10.1. The van der Waals surface area contributed by atoms with Crippen molar-refractivity contribution in [3.05, 3.63) is 18.3 Å². The number of aliphatic hydroxyl groups is 1. The van der Waals surface area contributed by atoms with Gasteiger partial charge in [-0.2, -0.15) is 0 Å². The van der Waals surface area contributed by atoms with Gasteiger partial charge >= 0.3 is 0 Å². The first-order valence-corrected chi connectivity index (χ1v) is 9.03. The predicted octanol–water partition coefficient (Wildman–Crippen LogP) is 0.248. The third kappa shape index (κ3) is 4.91. The zero-order valence-corrected chi connectivity index (χ0v) is 13.6. The number of piperidine rings is 1. The summed E-state index contributed by atoms with van der Waals surface area (Å²) in [7, 11) is -2.10. The molecule has 0 radical (unpaired) electrons. The number of nitrogens with one attached hydrogen (secondary N) is 2. The van der Waals surface area contributed by atoms with Gasteiger partial charge < -0.3 is 15.3 Å². The van der Waals surface area contributed by atoms with Crippen LogP contribution in [-0.4, -0.2) is 62.7 Å². The highest BCUT2D eigenvalue weighted by atomic mass is 32.2. The summed E-state index contributed by atoms with van der Waals surface area (Å²) in [6.45, 7) is 3.14. The molecule has 8 heteroatoms. The van der Waals surface area contributed by atoms with E-state index in [1.54, 1.807) is 6.07 Å². The van der Waals surface area contributed by atoms with Crippen LogP contribution >= 0.6 is 0 Å². The second-order valence-corrected chi connectivity index (χ2v) is 7.37. The standard InChI is InChI=1S/C14H24N4O3S/c1-15-22(20,21)13-5-6-14(17-10-13)16-9-12(19)11-18-7-3-2-4-8-18/h5-6,10,12,15,19H,2-4,7-9,11H2,1H3,(H,16,17). The number of hydrogen-bond acceptors (Lipinski definition) is 6. The number of sulfonamides is 1. The van der Waals surface area contributed by atoms with Gasteiger partial charge in [0, 0.05) is 19.3 Å². The number of β-amino-alcohol motifs (C(OH)–C–C–N with tert-alkyl or cyclic N) is 1. The van der Waals surface area contributed by atoms with Gasteiger partial charge in [0.05, 0.1) is 6.10 Å². The molecule has 0 aromatic carbocycles. The fourth-order valence-corrected chi connectivity index (χ4v) is 3.16. The minimum atomic E-state index is -3.46. The molecule has 2 rings (SSSR count). The summed E-state index contributed by atoms with van der Waals surface area (Å²) in [5, 5.41) is 13.1. The normalized spacial score (nSPS) is 18.1. The lowest BCUT2D eigenvalue weighted by molar-refractivity contribution is 0.109. The highest BCUT2D eigenvalue weighted by Gasteiger charge is 2.15. The summed E-state index contributed by atoms with van der Waals surface area (Å²) >= 11 is 0. The molecule has 1 aliphatic rings. The molecule has 0 aliphatic carbocycles. The first-order valence-electron chi connectivity index (χ1n) is 7.55. The maximum absolute atomic E-state index is 11.6. The Morgan fingerprint density at radius 3 is 2.64 bits per heavy atom. The van der Waals surface area contributed by atoms with Gasteiger partial charge in [0.1, 0.15) is 10.7 Å². The first kappa shape index (κ1) is 17.1. The Bertz CT molecular complexity index is 556. The van der Waals surface area contributed by atoms with Crippen LogP contribution < -0.4 is 10.0 Å². The number of anilines is 1. The van der Waals surface area contributed by atoms with E-state index < -0.39 is 16.1 Å². The van der Waals surface area contributed by atoms with Crippen molar-refractivity contribution >= 4 is 15.8 Å². The van der Waals surface area contributed by atoms with Crippen LogP contribution in [0.2, 0.25) is 0 Å². The molecule has 124 valence electrons. The lowest BCUT2D eigenvalue weighted by Crippen LogP contribution is -2.39. The van der Waals surface area contributed by atoms with E-state index in [1.165, 1.54) is 38.6 Å². The molecule has 1 aromatic rings. The van der Waals surface area contributed by atoms with E-state index in [-0.39, 0.29) is 4.90 Å². The fourth-order valence-electron chi connectivity index (χ4n) is 2.49. The molecule has 1 aliphatic heterocycles. The number of likely N-dealkylation sites (tertiary alicyclic amines) is 1. The number of rotatable bonds is 7. The maximum Gasteiger partial charge on any atom is 0.241 e. The fraction of sp³-hybridized carbons (Fsp3) is 0.643. The topological polar surface area (TPSA) is 94.6 Å². The lowest BCUT2D eigenvalue weighted by Gasteiger charge is -2.28. The number of aliphatic hydroxyl groups excluding tert-OH is 1. The predicted molar refractivity (Wildman–Crippen MR) is 85.3 cm³/mol. The van der Waals surface area contributed by atoms with Gasteiger partial charge in [-0.05, 0) is 45.1 Å². The van der Waals surface area contributed by atoms with Crippen molar-refractivity contribution < 1.29 is 13.5 Å². The van der Waals surface area contributed by atoms with Crippen LogP contribution in [0.4, 0.5) is 5.82 Å². The summed E-state index contributed by atoms with van der Waals surface area (Å²) in [6, 6.07) is 3.08. The minimum Gasteiger partial charge on any atom is -0.390 e. The molecule has 1 unspecified atom stereocenters. The number of hydrogen-bond donors (Lipinski definition) is 3. The molecule has 22 heavy (non-hydrogen) atoms. The van der Waals surface area contributed by atoms with Crippen molar-refractivity contribution in [2.75, 3.05) is 38.5 Å². The molecule has 1 aromatic heterocycles. The van der Waals surface area contributed by atoms with Gasteiger partial charge in [0.2, 0.25) is 10.0 Å². The van der Waals surface area contributed by atoms with E-state index in [0.29, 0.717) is 18.9 Å². The zero-order chi connectivity index (χ0) is 16.0. The summed E-state index contributed by atoms with van der Waals surface area (Å²) in [4.78, 5) is 6.45. The van der Waals surface area contributed by atoms with Gasteiger partial charge in [0.25, 0.3) is 0 Å². The molecule has 0 saturated carbocycles. The van der Waals surface area contributed by atoms with Crippen molar-refractivity contribution in [2.45, 2.75) is 30.3 Å². The van der Waals surface area contributed by atoms with Gasteiger partial charge in [-0.3, -0.25) is 0 Å². The average Bonchev–Trinajstić information content (AvgIpc) is 2.54. The number of nitrogens with zero attached hydrogens (tertiary/aromatic N) is 2. The Labute approximate surface area is 131 Å². The van der Waals surface area contributed by atoms with Crippen LogP contribution in [0.25, 0.3) is 0 Å². The maximum atomic E-state index is 11.6. The Morgan fingerprint density at radius 1 is 1.32 bits per heavy atom. The SMILES string of the molecule is CNS(=O)(=O)c1ccc(NCC(O)CN2CCCCC2)nc1. The van der Waals surface area contributed by atoms with Gasteiger partial charge in [0.15, 0.2) is 0 Å². The van der Waals surface area contributed by atoms with Crippen molar-refractivity contribution in [2.24, 2.45) is 0 Å². The smallest absolute Gasteiger partial charge is 0.241 e. The molecule has 0 bridgehead atoms. The molecule has 1 saturated heterocycles. The summed E-state index contributed by atoms with van der Waals surface area (Å²) < 4.78 is 25.4. The van der Waals surface area contributed by atoms with Crippen LogP contribution in [0.3, 0.4) is 0 Å². The first-order chi connectivity index (χ1) is 10.5. The average molecular weight is 328 g/mol. The van der Waals surface area contributed by atoms with E-state index in [1.807, 2.05) is 0 Å². The van der Waals surface area contributed by atoms with Gasteiger partial charge in [-0.1, -0.05) is 6.42 Å². The van der Waals surface area contributed by atoms with E-state index >= 15 is 0 Å². The van der Waals surface area contributed by atoms with Crippen molar-refractivity contribution in [1.29, 1.82) is 0 Å². The monoisotopic (exact) mass is 328 g/mol. The molecule has 1 fully saturated rings. The Balaban J connectivity index is 1.81. The molecular formula is C14H24N4O3S. The van der Waals surface area contributed by atoms with Crippen LogP contribution in [0, 0.1) is 0 Å². The second-order valence-electron chi connectivity index (χ2n) is 5.48. The molecule has 3 N–H and O–H groups in total. The van der Waals surface area contributed by atoms with Crippen molar-refractivity contribution in [1.82, 2.24) is 14.6 Å². The summed E-state index contributed by atoms with van der Waals surface area (Å²) in [5.74, 6) is 0.549. The van der Waals surface area contributed by atoms with Crippen LogP contribution in [0.5, 0.6) is 0 Å². The van der Waals surface area contributed by atoms with E-state index in [0.717, 1.165) is 13.1 Å². The van der Waals surface area contributed by atoms with Crippen LogP contribution in [0.15, 0.2) is 23.2 Å². The Morgan fingerprint density at radius 2 is 2.05 bits per heavy atom. The second kappa shape index (κ2) is 7.87. The van der Waals surface area contributed by atoms with Crippen LogP contribution in [-0.2, 0) is 10.0 Å². The summed E-state index contributed by atoms with van der Waals surface area (Å²) in [5.41, 5.74) is 0.